The van der Waals surface area contributed by atoms with Crippen molar-refractivity contribution < 1.29 is 27.3 Å². The van der Waals surface area contributed by atoms with Gasteiger partial charge in [-0.25, -0.2) is 12.8 Å². The van der Waals surface area contributed by atoms with Crippen molar-refractivity contribution in [1.82, 2.24) is 0 Å². The Morgan fingerprint density at radius 2 is 1.76 bits per heavy atom. The molecule has 33 heavy (non-hydrogen) atoms. The average Bonchev–Trinajstić information content (AvgIpc) is 2.79. The number of nitro benzene ring substituents is 1. The van der Waals surface area contributed by atoms with Crippen LogP contribution in [-0.4, -0.2) is 32.4 Å². The van der Waals surface area contributed by atoms with E-state index in [1.807, 2.05) is 0 Å². The minimum Gasteiger partial charge on any atom is -0.494 e. The predicted molar refractivity (Wildman–Crippen MR) is 120 cm³/mol. The number of amides is 1. The number of carbonyl (C=O) groups excluding carboxylic acids is 1. The maximum atomic E-state index is 13.4. The van der Waals surface area contributed by atoms with Crippen LogP contribution in [0.4, 0.5) is 21.5 Å². The molecule has 1 N–H and O–H groups in total. The van der Waals surface area contributed by atoms with Crippen molar-refractivity contribution in [3.63, 3.8) is 0 Å². The van der Waals surface area contributed by atoms with E-state index in [0.717, 1.165) is 22.5 Å². The Balaban J connectivity index is 1.91. The van der Waals surface area contributed by atoms with Crippen LogP contribution >= 0.6 is 0 Å². The van der Waals surface area contributed by atoms with E-state index in [2.05, 4.69) is 5.32 Å². The van der Waals surface area contributed by atoms with Crippen molar-refractivity contribution >= 4 is 33.0 Å². The molecule has 3 rings (SSSR count). The molecular weight excluding hydrogens is 453 g/mol. The second kappa shape index (κ2) is 10.1. The molecule has 11 heteroatoms. The van der Waals surface area contributed by atoms with E-state index in [4.69, 9.17) is 4.74 Å². The number of anilines is 2. The van der Waals surface area contributed by atoms with Gasteiger partial charge in [-0.3, -0.25) is 19.2 Å². The number of nitrogens with zero attached hydrogens (tertiary/aromatic N) is 2. The molecule has 0 saturated carbocycles. The van der Waals surface area contributed by atoms with Gasteiger partial charge in [0.15, 0.2) is 0 Å². The highest BCUT2D eigenvalue weighted by molar-refractivity contribution is 7.92. The first-order valence-corrected chi connectivity index (χ1v) is 11.2. The Bertz CT molecular complexity index is 1250. The van der Waals surface area contributed by atoms with Crippen LogP contribution in [0, 0.1) is 15.9 Å². The molecule has 0 bridgehead atoms. The Labute approximate surface area is 189 Å². The largest absolute Gasteiger partial charge is 0.494 e. The smallest absolute Gasteiger partial charge is 0.271 e. The standard InChI is InChI=1S/C22H20FN3O6S/c1-2-32-20-10-12-21(13-11-20)33(30,31)25(18-8-6-16(23)7-9-18)15-22(27)24-17-4-3-5-19(14-17)26(28)29/h3-14H,2,15H2,1H3,(H,24,27). The lowest BCUT2D eigenvalue weighted by atomic mass is 10.3. The molecule has 0 aliphatic rings. The highest BCUT2D eigenvalue weighted by Gasteiger charge is 2.27. The fourth-order valence-electron chi connectivity index (χ4n) is 2.95. The summed E-state index contributed by atoms with van der Waals surface area (Å²) < 4.78 is 46.3. The van der Waals surface area contributed by atoms with Gasteiger partial charge in [0.05, 0.1) is 22.1 Å². The van der Waals surface area contributed by atoms with E-state index in [-0.39, 0.29) is 22.0 Å². The van der Waals surface area contributed by atoms with Crippen LogP contribution in [0.3, 0.4) is 0 Å². The normalized spacial score (nSPS) is 11.0. The van der Waals surface area contributed by atoms with Crippen LogP contribution in [0.25, 0.3) is 0 Å². The van der Waals surface area contributed by atoms with Gasteiger partial charge in [0.1, 0.15) is 18.1 Å². The molecule has 0 spiro atoms. The van der Waals surface area contributed by atoms with Crippen molar-refractivity contribution in [1.29, 1.82) is 0 Å². The summed E-state index contributed by atoms with van der Waals surface area (Å²) in [4.78, 5) is 22.9. The molecule has 1 amide bonds. The molecule has 0 saturated heterocycles. The topological polar surface area (TPSA) is 119 Å². The maximum Gasteiger partial charge on any atom is 0.271 e. The van der Waals surface area contributed by atoms with E-state index >= 15 is 0 Å². The van der Waals surface area contributed by atoms with Crippen molar-refractivity contribution in [3.05, 3.63) is 88.7 Å². The summed E-state index contributed by atoms with van der Waals surface area (Å²) in [5.74, 6) is -0.833. The molecule has 0 atom stereocenters. The van der Waals surface area contributed by atoms with Crippen LogP contribution in [0.1, 0.15) is 6.92 Å². The lowest BCUT2D eigenvalue weighted by Gasteiger charge is -2.24. The number of halogens is 1. The van der Waals surface area contributed by atoms with Gasteiger partial charge in [0, 0.05) is 17.8 Å². The van der Waals surface area contributed by atoms with Crippen LogP contribution in [0.5, 0.6) is 5.75 Å². The molecule has 3 aromatic rings. The number of nitrogens with one attached hydrogen (secondary N) is 1. The van der Waals surface area contributed by atoms with Crippen LogP contribution in [-0.2, 0) is 14.8 Å². The number of non-ortho nitro benzene ring substituents is 1. The predicted octanol–water partition coefficient (Wildman–Crippen LogP) is 3.97. The van der Waals surface area contributed by atoms with Crippen molar-refractivity contribution in [2.75, 3.05) is 22.8 Å². The minimum atomic E-state index is -4.22. The molecule has 3 aromatic carbocycles. The van der Waals surface area contributed by atoms with E-state index in [1.165, 1.54) is 54.6 Å². The number of hydrogen-bond acceptors (Lipinski definition) is 6. The average molecular weight is 473 g/mol. The summed E-state index contributed by atoms with van der Waals surface area (Å²) in [7, 11) is -4.22. The summed E-state index contributed by atoms with van der Waals surface area (Å²) in [5.41, 5.74) is -0.0311. The second-order valence-electron chi connectivity index (χ2n) is 6.75. The van der Waals surface area contributed by atoms with Gasteiger partial charge < -0.3 is 10.1 Å². The molecule has 0 aromatic heterocycles. The first kappa shape index (κ1) is 23.7. The summed E-state index contributed by atoms with van der Waals surface area (Å²) in [6.45, 7) is 1.55. The third-order valence-corrected chi connectivity index (χ3v) is 6.25. The number of benzene rings is 3. The third-order valence-electron chi connectivity index (χ3n) is 4.47. The first-order chi connectivity index (χ1) is 15.7. The van der Waals surface area contributed by atoms with E-state index in [1.54, 1.807) is 6.92 Å². The van der Waals surface area contributed by atoms with Crippen molar-refractivity contribution in [2.45, 2.75) is 11.8 Å². The zero-order valence-corrected chi connectivity index (χ0v) is 18.3. The third kappa shape index (κ3) is 5.83. The summed E-state index contributed by atoms with van der Waals surface area (Å²) in [5, 5.41) is 13.4. The van der Waals surface area contributed by atoms with E-state index in [9.17, 15) is 27.7 Å². The number of carbonyl (C=O) groups is 1. The number of sulfonamides is 1. The van der Waals surface area contributed by atoms with Gasteiger partial charge >= 0.3 is 0 Å². The summed E-state index contributed by atoms with van der Waals surface area (Å²) in [6.07, 6.45) is 0. The van der Waals surface area contributed by atoms with Gasteiger partial charge in [-0.05, 0) is 61.5 Å². The molecule has 172 valence electrons. The lowest BCUT2D eigenvalue weighted by molar-refractivity contribution is -0.384. The first-order valence-electron chi connectivity index (χ1n) is 9.76. The Morgan fingerprint density at radius 1 is 1.09 bits per heavy atom. The van der Waals surface area contributed by atoms with Gasteiger partial charge in [0.25, 0.3) is 15.7 Å². The highest BCUT2D eigenvalue weighted by atomic mass is 32.2. The summed E-state index contributed by atoms with van der Waals surface area (Å²) in [6, 6.07) is 15.5. The van der Waals surface area contributed by atoms with Crippen molar-refractivity contribution in [3.8, 4) is 5.75 Å². The Morgan fingerprint density at radius 3 is 2.36 bits per heavy atom. The molecule has 0 fully saturated rings. The van der Waals surface area contributed by atoms with Gasteiger partial charge in [0.2, 0.25) is 5.91 Å². The Hall–Kier alpha value is -3.99. The van der Waals surface area contributed by atoms with Gasteiger partial charge in [-0.1, -0.05) is 6.07 Å². The number of hydrogen-bond donors (Lipinski definition) is 1. The monoisotopic (exact) mass is 473 g/mol. The van der Waals surface area contributed by atoms with Crippen LogP contribution < -0.4 is 14.4 Å². The molecule has 9 nitrogen and oxygen atoms in total. The SMILES string of the molecule is CCOc1ccc(S(=O)(=O)N(CC(=O)Nc2cccc([N+](=O)[O-])c2)c2ccc(F)cc2)cc1. The van der Waals surface area contributed by atoms with E-state index < -0.39 is 33.2 Å². The van der Waals surface area contributed by atoms with Gasteiger partial charge in [-0.2, -0.15) is 0 Å². The number of ether oxygens (including phenoxy) is 1. The number of nitro groups is 1. The minimum absolute atomic E-state index is 0.0690. The zero-order valence-electron chi connectivity index (χ0n) is 17.5. The van der Waals surface area contributed by atoms with E-state index in [0.29, 0.717) is 12.4 Å². The summed E-state index contributed by atoms with van der Waals surface area (Å²) >= 11 is 0. The van der Waals surface area contributed by atoms with Gasteiger partial charge in [-0.15, -0.1) is 0 Å². The lowest BCUT2D eigenvalue weighted by Crippen LogP contribution is -2.38. The molecule has 0 heterocycles. The molecule has 0 radical (unpaired) electrons. The maximum absolute atomic E-state index is 13.4. The van der Waals surface area contributed by atoms with Crippen LogP contribution in [0.2, 0.25) is 0 Å². The van der Waals surface area contributed by atoms with Crippen LogP contribution in [0.15, 0.2) is 77.7 Å². The molecular formula is C22H20FN3O6S. The quantitative estimate of drug-likeness (QED) is 0.371. The Kier molecular flexibility index (Phi) is 7.23. The number of rotatable bonds is 9. The highest BCUT2D eigenvalue weighted by Crippen LogP contribution is 2.26. The second-order valence-corrected chi connectivity index (χ2v) is 8.61. The zero-order chi connectivity index (χ0) is 24.0. The molecule has 0 aliphatic carbocycles. The van der Waals surface area contributed by atoms with Crippen molar-refractivity contribution in [2.24, 2.45) is 0 Å². The molecule has 0 unspecified atom stereocenters. The molecule has 0 aliphatic heterocycles. The fraction of sp³-hybridized carbons (Fsp3) is 0.136. The fourth-order valence-corrected chi connectivity index (χ4v) is 4.37.